The number of fused-ring (bicyclic) bond motifs is 1. The van der Waals surface area contributed by atoms with E-state index in [1.807, 2.05) is 6.20 Å². The molecule has 44 heteroatoms. The lowest BCUT2D eigenvalue weighted by Crippen LogP contribution is -2.93. The summed E-state index contributed by atoms with van der Waals surface area (Å²) in [5.41, 5.74) is 5.76. The van der Waals surface area contributed by atoms with Gasteiger partial charge in [0.05, 0.1) is 5.69 Å². The molecule has 0 saturated heterocycles. The van der Waals surface area contributed by atoms with Gasteiger partial charge in [-0.25, -0.2) is 0 Å². The lowest BCUT2D eigenvalue weighted by Gasteiger charge is -2.55. The molecule has 0 amide bonds. The number of hydrogen-bond acceptors (Lipinski definition) is 1. The van der Waals surface area contributed by atoms with Crippen molar-refractivity contribution in [3.05, 3.63) is 52.1 Å². The molecular formula is C19H22B42BrN. The van der Waals surface area contributed by atoms with Gasteiger partial charge in [-0.05, 0) is 68.9 Å². The average Bonchev–Trinajstić information content (AvgIpc) is 3.12. The highest BCUT2D eigenvalue weighted by Gasteiger charge is 2.57. The zero-order valence-electron chi connectivity index (χ0n) is 37.5. The van der Waals surface area contributed by atoms with Gasteiger partial charge >= 0.3 is 0 Å². The van der Waals surface area contributed by atoms with Crippen LogP contribution in [0.15, 0.2) is 41.0 Å². The highest BCUT2D eigenvalue weighted by molar-refractivity contribution is 9.10. The molecule has 0 saturated carbocycles. The molecule has 1 aromatic heterocycles. The predicted octanol–water partition coefficient (Wildman–Crippen LogP) is -10.1. The van der Waals surface area contributed by atoms with E-state index in [0.717, 1.165) is 10.2 Å². The molecule has 0 fully saturated rings. The zero-order chi connectivity index (χ0) is 48.8. The van der Waals surface area contributed by atoms with Gasteiger partial charge in [0.1, 0.15) is 0 Å². The Labute approximate surface area is 430 Å². The number of benzene rings is 1. The summed E-state index contributed by atoms with van der Waals surface area (Å²) >= 11 is 3.45. The number of hydrogen-bond donors (Lipinski definition) is 0. The van der Waals surface area contributed by atoms with Gasteiger partial charge in [0.25, 0.3) is 0 Å². The molecule has 1 heterocycles. The van der Waals surface area contributed by atoms with Crippen molar-refractivity contribution in [1.29, 1.82) is 0 Å². The second kappa shape index (κ2) is 26.1. The fourth-order valence-electron chi connectivity index (χ4n) is 10.2. The summed E-state index contributed by atoms with van der Waals surface area (Å²) in [6.45, 7) is 9.44. The van der Waals surface area contributed by atoms with E-state index < -0.39 is 128 Å². The normalized spacial score (nSPS) is 12.8. The van der Waals surface area contributed by atoms with Crippen LogP contribution in [0.25, 0.3) is 11.3 Å². The standard InChI is InChI=1S/C19H22BrN.B42/c1-18(2)9-10-19(3,4)16-11-13(5-7-15(16)18)17-8-6-14(20)12-21-17;1-23(2)34(24(3)4)39(33(21)22)42(40(35(25(5)6)26(7)8)36(27(9)10)28(11)12)41(37(29(13)14)30(15)16)38(31(17)18)32(19)20/h5-8,11-12H,9-10H2,1-4H3;. The van der Waals surface area contributed by atoms with Crippen LogP contribution in [-0.4, -0.2) is 303 Å². The predicted molar refractivity (Wildman–Crippen MR) is 334 cm³/mol. The van der Waals surface area contributed by atoms with Gasteiger partial charge in [-0.15, -0.1) is 0 Å². The van der Waals surface area contributed by atoms with E-state index >= 15 is 0 Å². The van der Waals surface area contributed by atoms with E-state index in [4.69, 9.17) is 170 Å². The molecule has 63 heavy (non-hydrogen) atoms. The van der Waals surface area contributed by atoms with Crippen molar-refractivity contribution in [3.63, 3.8) is 0 Å². The minimum absolute atomic E-state index is 0.246. The van der Waals surface area contributed by atoms with Crippen LogP contribution in [0.3, 0.4) is 0 Å². The minimum atomic E-state index is -1.30. The Kier molecular flexibility index (Phi) is 25.2. The molecule has 1 aliphatic carbocycles. The first-order valence-electron chi connectivity index (χ1n) is 21.2. The molecule has 0 unspecified atom stereocenters. The smallest absolute Gasteiger partial charge is 0.0702 e. The van der Waals surface area contributed by atoms with Crippen LogP contribution in [0, 0.1) is 0 Å². The third-order valence-electron chi connectivity index (χ3n) is 13.3. The van der Waals surface area contributed by atoms with Crippen LogP contribution in [0.4, 0.5) is 0 Å². The van der Waals surface area contributed by atoms with Crippen molar-refractivity contribution in [1.82, 2.24) is 4.98 Å². The van der Waals surface area contributed by atoms with Gasteiger partial charge in [0.15, 0.2) is 0 Å². The Morgan fingerprint density at radius 2 is 0.667 bits per heavy atom. The first kappa shape index (κ1) is 60.7. The summed E-state index contributed by atoms with van der Waals surface area (Å²) in [5, 5.41) is 0. The first-order valence-corrected chi connectivity index (χ1v) is 22.0. The fraction of sp³-hybridized carbons (Fsp3) is 0.421. The lowest BCUT2D eigenvalue weighted by atomic mass is 8.27. The molecule has 0 aliphatic heterocycles. The van der Waals surface area contributed by atoms with Crippen molar-refractivity contribution in [2.75, 3.05) is 0 Å². The Bertz CT molecular complexity index is 1530. The monoisotopic (exact) mass is 805 g/mol. The SMILES string of the molecule is CC1(C)CCC(C)(C)c2cc(-c3ccc(Br)cn3)ccc21.[B]B([B])B(B([B])[B])B(B([B])[B])B(B(B(B([B])[B])B([B])[B])B(B([B])[B])B([B])[B])B(B(B([B])[B])B([B])[B])B(B([B])[B])B([B])[B]. The molecule has 236 valence electrons. The van der Waals surface area contributed by atoms with Crippen LogP contribution in [0.1, 0.15) is 51.7 Å². The van der Waals surface area contributed by atoms with Gasteiger partial charge in [-0.3, -0.25) is 4.98 Å². The Balaban J connectivity index is 0.000000533. The van der Waals surface area contributed by atoms with E-state index in [1.165, 1.54) is 29.5 Å². The molecule has 1 aliphatic rings. The van der Waals surface area contributed by atoms with Crippen LogP contribution >= 0.6 is 15.9 Å². The van der Waals surface area contributed by atoms with Gasteiger partial charge in [0, 0.05) is 314 Å². The summed E-state index contributed by atoms with van der Waals surface area (Å²) in [6, 6.07) is 11.0. The van der Waals surface area contributed by atoms with Gasteiger partial charge in [-0.2, -0.15) is 0 Å². The topological polar surface area (TPSA) is 12.9 Å². The third-order valence-corrected chi connectivity index (χ3v) is 13.8. The van der Waals surface area contributed by atoms with Crippen LogP contribution in [0.5, 0.6) is 0 Å². The summed E-state index contributed by atoms with van der Waals surface area (Å²) in [5.74, 6) is 0. The first-order chi connectivity index (χ1) is 28.8. The maximum atomic E-state index is 6.45. The Morgan fingerprint density at radius 3 is 0.952 bits per heavy atom. The highest BCUT2D eigenvalue weighted by atomic mass is 79.9. The molecule has 0 bridgehead atoms. The molecular weight excluding hydrogens is 776 g/mol. The molecule has 0 atom stereocenters. The van der Waals surface area contributed by atoms with E-state index in [1.54, 1.807) is 0 Å². The van der Waals surface area contributed by atoms with Crippen molar-refractivity contribution >= 4 is 314 Å². The second-order valence-corrected chi connectivity index (χ2v) is 19.9. The van der Waals surface area contributed by atoms with Crippen molar-refractivity contribution in [3.8, 4) is 11.3 Å². The molecule has 0 spiro atoms. The average molecular weight is 798 g/mol. The number of nitrogens with zero attached hydrogens (tertiary/aromatic N) is 1. The van der Waals surface area contributed by atoms with Gasteiger partial charge < -0.3 is 0 Å². The molecule has 0 N–H and O–H groups in total. The Hall–Kier alpha value is 1.58. The van der Waals surface area contributed by atoms with Crippen molar-refractivity contribution in [2.24, 2.45) is 0 Å². The van der Waals surface area contributed by atoms with Crippen LogP contribution < -0.4 is 0 Å². The summed E-state index contributed by atoms with van der Waals surface area (Å²) < 4.78 is 1.02. The molecule has 2 aromatic rings. The van der Waals surface area contributed by atoms with Crippen LogP contribution in [0.2, 0.25) is 0 Å². The molecule has 3 rings (SSSR count). The number of aromatic nitrogens is 1. The van der Waals surface area contributed by atoms with E-state index in [9.17, 15) is 0 Å². The fourth-order valence-corrected chi connectivity index (χ4v) is 10.5. The largest absolute Gasteiger partial charge is 0.255 e. The van der Waals surface area contributed by atoms with E-state index in [-0.39, 0.29) is 10.8 Å². The van der Waals surface area contributed by atoms with Gasteiger partial charge in [-0.1, -0.05) is 39.8 Å². The van der Waals surface area contributed by atoms with Crippen molar-refractivity contribution < 1.29 is 0 Å². The second-order valence-electron chi connectivity index (χ2n) is 18.9. The molecule has 1 aromatic carbocycles. The maximum Gasteiger partial charge on any atom is 0.0702 e. The van der Waals surface area contributed by atoms with E-state index in [2.05, 4.69) is 78.9 Å². The summed E-state index contributed by atoms with van der Waals surface area (Å²) in [6.07, 6.45) is -19.1. The van der Waals surface area contributed by atoms with Crippen molar-refractivity contribution in [2.45, 2.75) is 51.4 Å². The lowest BCUT2D eigenvalue weighted by molar-refractivity contribution is 0.332. The van der Waals surface area contributed by atoms with E-state index in [0.29, 0.717) is 0 Å². The summed E-state index contributed by atoms with van der Waals surface area (Å²) in [4.78, 5) is 4.53. The minimum Gasteiger partial charge on any atom is -0.255 e. The number of pyridine rings is 1. The van der Waals surface area contributed by atoms with Crippen LogP contribution in [-0.2, 0) is 10.8 Å². The van der Waals surface area contributed by atoms with Gasteiger partial charge in [0.2, 0.25) is 0 Å². The number of rotatable bonds is 20. The number of halogens is 1. The molecule has 1 nitrogen and oxygen atoms in total. The highest BCUT2D eigenvalue weighted by Crippen LogP contribution is 2.46. The summed E-state index contributed by atoms with van der Waals surface area (Å²) in [7, 11) is 138. The maximum absolute atomic E-state index is 6.45. The molecule has 44 radical (unpaired) electrons. The Morgan fingerprint density at radius 1 is 0.381 bits per heavy atom. The quantitative estimate of drug-likeness (QED) is 0.122. The zero-order valence-corrected chi connectivity index (χ0v) is 39.0. The third kappa shape index (κ3) is 15.8.